The maximum Gasteiger partial charge on any atom is 0.343 e. The van der Waals surface area contributed by atoms with Crippen LogP contribution in [0.2, 0.25) is 0 Å². The topological polar surface area (TPSA) is 107 Å². The molecule has 0 aliphatic heterocycles. The molecule has 3 aromatic carbocycles. The molecule has 0 bridgehead atoms. The van der Waals surface area contributed by atoms with E-state index in [-0.39, 0.29) is 17.2 Å². The second-order valence-electron chi connectivity index (χ2n) is 7.30. The zero-order valence-electron chi connectivity index (χ0n) is 19.7. The fourth-order valence-corrected chi connectivity index (χ4v) is 3.29. The number of nitrogens with zero attached hydrogens (tertiary/aromatic N) is 1. The molecule has 3 aromatic rings. The number of carbonyl (C=O) groups excluding carboxylic acids is 2. The van der Waals surface area contributed by atoms with E-state index in [4.69, 9.17) is 18.9 Å². The number of hydrogen-bond acceptors (Lipinski definition) is 7. The van der Waals surface area contributed by atoms with Crippen molar-refractivity contribution >= 4 is 29.2 Å². The van der Waals surface area contributed by atoms with E-state index < -0.39 is 5.97 Å². The van der Waals surface area contributed by atoms with Gasteiger partial charge in [-0.1, -0.05) is 12.1 Å². The van der Waals surface area contributed by atoms with Crippen molar-refractivity contribution in [1.82, 2.24) is 0 Å². The summed E-state index contributed by atoms with van der Waals surface area (Å²) >= 11 is 0. The number of benzene rings is 3. The van der Waals surface area contributed by atoms with Crippen LogP contribution in [0.1, 0.15) is 28.4 Å². The highest BCUT2D eigenvalue weighted by Gasteiger charge is 2.14. The first-order chi connectivity index (χ1) is 16.9. The number of hydrogen-bond donors (Lipinski definition) is 1. The quantitative estimate of drug-likeness (QED) is 0.214. The summed E-state index contributed by atoms with van der Waals surface area (Å²) in [4.78, 5) is 23.9. The van der Waals surface area contributed by atoms with Gasteiger partial charge in [-0.3, -0.25) is 4.79 Å². The predicted molar refractivity (Wildman–Crippen MR) is 132 cm³/mol. The van der Waals surface area contributed by atoms with Gasteiger partial charge >= 0.3 is 5.97 Å². The molecule has 35 heavy (non-hydrogen) atoms. The van der Waals surface area contributed by atoms with Gasteiger partial charge in [-0.05, 0) is 65.7 Å². The summed E-state index contributed by atoms with van der Waals surface area (Å²) in [7, 11) is 4.52. The Hall–Kier alpha value is -4.77. The van der Waals surface area contributed by atoms with E-state index >= 15 is 0 Å². The van der Waals surface area contributed by atoms with Gasteiger partial charge in [-0.25, -0.2) is 4.79 Å². The van der Waals surface area contributed by atoms with Crippen LogP contribution in [-0.2, 0) is 4.79 Å². The lowest BCUT2D eigenvalue weighted by Gasteiger charge is -2.11. The molecule has 0 fully saturated rings. The lowest BCUT2D eigenvalue weighted by atomic mass is 10.0. The van der Waals surface area contributed by atoms with E-state index in [9.17, 15) is 14.9 Å². The monoisotopic (exact) mass is 472 g/mol. The molecule has 3 rings (SSSR count). The minimum absolute atomic E-state index is 0.212. The van der Waals surface area contributed by atoms with Crippen LogP contribution in [0.5, 0.6) is 23.0 Å². The molecular weight excluding hydrogens is 448 g/mol. The summed E-state index contributed by atoms with van der Waals surface area (Å²) in [5.74, 6) is 0.740. The number of esters is 1. The number of rotatable bonds is 8. The standard InChI is InChI=1S/C27H24N2O6/c1-17(30)29-22-7-5-6-20(14-22)27(31)35-24-10-8-18(13-25(24)33-3)12-21(16-28)19-9-11-23(32-2)26(15-19)34-4/h5-15H,1-4H3,(H,29,30)/b21-12-. The third-order valence-electron chi connectivity index (χ3n) is 4.93. The van der Waals surface area contributed by atoms with Crippen molar-refractivity contribution in [3.63, 3.8) is 0 Å². The summed E-state index contributed by atoms with van der Waals surface area (Å²) in [6, 6.07) is 18.8. The van der Waals surface area contributed by atoms with Gasteiger partial charge in [0.1, 0.15) is 0 Å². The number of anilines is 1. The molecule has 0 atom stereocenters. The molecule has 0 aliphatic carbocycles. The van der Waals surface area contributed by atoms with Crippen molar-refractivity contribution in [2.75, 3.05) is 26.6 Å². The second kappa shape index (κ2) is 11.4. The molecule has 0 radical (unpaired) electrons. The average molecular weight is 472 g/mol. The lowest BCUT2D eigenvalue weighted by molar-refractivity contribution is -0.114. The summed E-state index contributed by atoms with van der Waals surface area (Å²) in [5, 5.41) is 12.3. The van der Waals surface area contributed by atoms with Crippen molar-refractivity contribution in [3.8, 4) is 29.1 Å². The molecule has 0 heterocycles. The largest absolute Gasteiger partial charge is 0.493 e. The zero-order chi connectivity index (χ0) is 25.4. The summed E-state index contributed by atoms with van der Waals surface area (Å²) in [6.07, 6.45) is 1.69. The molecule has 0 aromatic heterocycles. The molecule has 0 aliphatic rings. The Morgan fingerprint density at radius 1 is 0.829 bits per heavy atom. The first kappa shape index (κ1) is 24.9. The van der Waals surface area contributed by atoms with Crippen LogP contribution in [0.4, 0.5) is 5.69 Å². The van der Waals surface area contributed by atoms with Gasteiger partial charge < -0.3 is 24.3 Å². The molecule has 1 amide bonds. The Balaban J connectivity index is 1.86. The summed E-state index contributed by atoms with van der Waals surface area (Å²) < 4.78 is 21.5. The first-order valence-corrected chi connectivity index (χ1v) is 10.5. The Bertz CT molecular complexity index is 1320. The summed E-state index contributed by atoms with van der Waals surface area (Å²) in [5.41, 5.74) is 2.47. The minimum Gasteiger partial charge on any atom is -0.493 e. The Morgan fingerprint density at radius 3 is 2.17 bits per heavy atom. The fourth-order valence-electron chi connectivity index (χ4n) is 3.29. The Kier molecular flexibility index (Phi) is 8.09. The van der Waals surface area contributed by atoms with Gasteiger partial charge in [-0.15, -0.1) is 0 Å². The molecule has 8 nitrogen and oxygen atoms in total. The summed E-state index contributed by atoms with van der Waals surface area (Å²) in [6.45, 7) is 1.38. The molecular formula is C27H24N2O6. The maximum absolute atomic E-state index is 12.7. The third-order valence-corrected chi connectivity index (χ3v) is 4.93. The Labute approximate surface area is 203 Å². The van der Waals surface area contributed by atoms with Gasteiger partial charge in [0.15, 0.2) is 23.0 Å². The van der Waals surface area contributed by atoms with Crippen molar-refractivity contribution < 1.29 is 28.5 Å². The highest BCUT2D eigenvalue weighted by Crippen LogP contribution is 2.33. The Morgan fingerprint density at radius 2 is 1.51 bits per heavy atom. The number of amides is 1. The number of nitrogens with one attached hydrogen (secondary N) is 1. The van der Waals surface area contributed by atoms with Crippen LogP contribution in [0.25, 0.3) is 11.6 Å². The third kappa shape index (κ3) is 6.18. The van der Waals surface area contributed by atoms with Crippen molar-refractivity contribution in [2.24, 2.45) is 0 Å². The van der Waals surface area contributed by atoms with E-state index in [1.807, 2.05) is 0 Å². The predicted octanol–water partition coefficient (Wildman–Crippen LogP) is 4.95. The van der Waals surface area contributed by atoms with Gasteiger partial charge in [-0.2, -0.15) is 5.26 Å². The van der Waals surface area contributed by atoms with Gasteiger partial charge in [0.05, 0.1) is 38.5 Å². The average Bonchev–Trinajstić information content (AvgIpc) is 2.87. The molecule has 1 N–H and O–H groups in total. The van der Waals surface area contributed by atoms with Gasteiger partial charge in [0, 0.05) is 12.6 Å². The molecule has 0 saturated heterocycles. The van der Waals surface area contributed by atoms with Crippen LogP contribution in [0.15, 0.2) is 60.7 Å². The first-order valence-electron chi connectivity index (χ1n) is 10.5. The van der Waals surface area contributed by atoms with Gasteiger partial charge in [0.25, 0.3) is 0 Å². The zero-order valence-corrected chi connectivity index (χ0v) is 19.7. The van der Waals surface area contributed by atoms with Crippen LogP contribution in [0.3, 0.4) is 0 Å². The van der Waals surface area contributed by atoms with Crippen molar-refractivity contribution in [1.29, 1.82) is 5.26 Å². The SMILES string of the molecule is COc1ccc(/C(C#N)=C\c2ccc(OC(=O)c3cccc(NC(C)=O)c3)c(OC)c2)cc1OC. The minimum atomic E-state index is -0.609. The number of allylic oxidation sites excluding steroid dienone is 1. The van der Waals surface area contributed by atoms with E-state index in [2.05, 4.69) is 11.4 Å². The van der Waals surface area contributed by atoms with Crippen LogP contribution < -0.4 is 24.3 Å². The number of methoxy groups -OCH3 is 3. The second-order valence-corrected chi connectivity index (χ2v) is 7.30. The number of nitriles is 1. The molecule has 0 spiro atoms. The van der Waals surface area contributed by atoms with E-state index in [1.54, 1.807) is 67.8 Å². The smallest absolute Gasteiger partial charge is 0.343 e. The molecule has 178 valence electrons. The molecule has 8 heteroatoms. The number of ether oxygens (including phenoxy) is 4. The van der Waals surface area contributed by atoms with Crippen LogP contribution in [-0.4, -0.2) is 33.2 Å². The van der Waals surface area contributed by atoms with E-state index in [1.165, 1.54) is 27.2 Å². The van der Waals surface area contributed by atoms with Crippen LogP contribution in [0, 0.1) is 11.3 Å². The van der Waals surface area contributed by atoms with Crippen molar-refractivity contribution in [3.05, 3.63) is 77.4 Å². The number of carbonyl (C=O) groups is 2. The van der Waals surface area contributed by atoms with E-state index in [0.29, 0.717) is 39.6 Å². The molecule has 0 unspecified atom stereocenters. The normalized spacial score (nSPS) is 10.7. The van der Waals surface area contributed by atoms with Crippen molar-refractivity contribution in [2.45, 2.75) is 6.92 Å². The fraction of sp³-hybridized carbons (Fsp3) is 0.148. The maximum atomic E-state index is 12.7. The highest BCUT2D eigenvalue weighted by molar-refractivity contribution is 5.95. The lowest BCUT2D eigenvalue weighted by Crippen LogP contribution is -2.11. The van der Waals surface area contributed by atoms with Gasteiger partial charge in [0.2, 0.25) is 5.91 Å². The van der Waals surface area contributed by atoms with Crippen LogP contribution >= 0.6 is 0 Å². The van der Waals surface area contributed by atoms with E-state index in [0.717, 1.165) is 0 Å². The molecule has 0 saturated carbocycles. The highest BCUT2D eigenvalue weighted by atomic mass is 16.6.